The third-order valence-electron chi connectivity index (χ3n) is 3.88. The Balaban J connectivity index is 1.43. The predicted molar refractivity (Wildman–Crippen MR) is 97.7 cm³/mol. The third kappa shape index (κ3) is 3.54. The van der Waals surface area contributed by atoms with Crippen LogP contribution in [0, 0.1) is 0 Å². The Labute approximate surface area is 150 Å². The van der Waals surface area contributed by atoms with Crippen LogP contribution in [0.25, 0.3) is 11.3 Å². The molecule has 2 heterocycles. The molecule has 128 valence electrons. The highest BCUT2D eigenvalue weighted by Crippen LogP contribution is 2.20. The summed E-state index contributed by atoms with van der Waals surface area (Å²) in [5, 5.41) is 10.9. The molecule has 0 saturated carbocycles. The third-order valence-corrected chi connectivity index (χ3v) is 3.88. The molecule has 0 saturated heterocycles. The summed E-state index contributed by atoms with van der Waals surface area (Å²) in [7, 11) is 0. The Bertz CT molecular complexity index is 1010. The van der Waals surface area contributed by atoms with E-state index < -0.39 is 0 Å². The summed E-state index contributed by atoms with van der Waals surface area (Å²) in [5.74, 6) is 0.214. The highest BCUT2D eigenvalue weighted by Gasteiger charge is 2.14. The number of carbonyl (C=O) groups excluding carboxylic acids is 1. The average Bonchev–Trinajstić information content (AvgIpc) is 3.33. The summed E-state index contributed by atoms with van der Waals surface area (Å²) in [5.41, 5.74) is 2.84. The molecule has 6 nitrogen and oxygen atoms in total. The minimum Gasteiger partial charge on any atom is -0.355 e. The van der Waals surface area contributed by atoms with E-state index >= 15 is 0 Å². The summed E-state index contributed by atoms with van der Waals surface area (Å²) in [6, 6.07) is 21.1. The lowest BCUT2D eigenvalue weighted by atomic mass is 10.1. The first-order valence-corrected chi connectivity index (χ1v) is 8.18. The highest BCUT2D eigenvalue weighted by atomic mass is 16.5. The number of benzene rings is 2. The molecule has 0 aliphatic carbocycles. The molecule has 4 aromatic rings. The van der Waals surface area contributed by atoms with Gasteiger partial charge in [0.05, 0.1) is 18.4 Å². The molecule has 2 aromatic carbocycles. The van der Waals surface area contributed by atoms with Crippen LogP contribution in [-0.4, -0.2) is 20.8 Å². The lowest BCUT2D eigenvalue weighted by Crippen LogP contribution is -2.11. The van der Waals surface area contributed by atoms with E-state index in [2.05, 4.69) is 15.6 Å². The van der Waals surface area contributed by atoms with Gasteiger partial charge in [0, 0.05) is 17.8 Å². The van der Waals surface area contributed by atoms with E-state index in [0.29, 0.717) is 18.0 Å². The second kappa shape index (κ2) is 7.06. The van der Waals surface area contributed by atoms with Crippen molar-refractivity contribution < 1.29 is 9.32 Å². The van der Waals surface area contributed by atoms with Gasteiger partial charge in [-0.3, -0.25) is 9.48 Å². The summed E-state index contributed by atoms with van der Waals surface area (Å²) < 4.78 is 7.03. The molecule has 0 fully saturated rings. The van der Waals surface area contributed by atoms with Crippen molar-refractivity contribution in [2.24, 2.45) is 0 Å². The number of nitrogens with zero attached hydrogens (tertiary/aromatic N) is 3. The van der Waals surface area contributed by atoms with E-state index in [0.717, 1.165) is 11.1 Å². The van der Waals surface area contributed by atoms with Crippen LogP contribution in [0.1, 0.15) is 16.1 Å². The number of amides is 1. The number of aromatic nitrogens is 3. The Kier molecular flexibility index (Phi) is 4.30. The molecular formula is C20H16N4O2. The molecule has 0 bridgehead atoms. The minimum absolute atomic E-state index is 0.222. The number of rotatable bonds is 5. The molecular weight excluding hydrogens is 328 g/mol. The monoisotopic (exact) mass is 344 g/mol. The van der Waals surface area contributed by atoms with Gasteiger partial charge in [-0.25, -0.2) is 0 Å². The van der Waals surface area contributed by atoms with Crippen LogP contribution < -0.4 is 5.32 Å². The van der Waals surface area contributed by atoms with Crippen LogP contribution in [-0.2, 0) is 6.54 Å². The van der Waals surface area contributed by atoms with Crippen molar-refractivity contribution in [3.63, 3.8) is 0 Å². The highest BCUT2D eigenvalue weighted by molar-refractivity contribution is 6.03. The van der Waals surface area contributed by atoms with Gasteiger partial charge in [-0.15, -0.1) is 0 Å². The largest absolute Gasteiger partial charge is 0.355 e. The lowest BCUT2D eigenvalue weighted by molar-refractivity contribution is 0.101. The van der Waals surface area contributed by atoms with Gasteiger partial charge in [-0.1, -0.05) is 65.8 Å². The Hall–Kier alpha value is -3.67. The van der Waals surface area contributed by atoms with Gasteiger partial charge in [0.25, 0.3) is 5.91 Å². The fourth-order valence-electron chi connectivity index (χ4n) is 2.60. The molecule has 0 spiro atoms. The number of anilines is 1. The number of carbonyl (C=O) groups is 1. The summed E-state index contributed by atoms with van der Waals surface area (Å²) in [6.07, 6.45) is 3.39. The van der Waals surface area contributed by atoms with E-state index in [1.807, 2.05) is 60.7 Å². The van der Waals surface area contributed by atoms with Crippen molar-refractivity contribution in [2.75, 3.05) is 5.32 Å². The van der Waals surface area contributed by atoms with E-state index in [1.54, 1.807) is 23.1 Å². The quantitative estimate of drug-likeness (QED) is 0.597. The molecule has 4 rings (SSSR count). The van der Waals surface area contributed by atoms with E-state index in [-0.39, 0.29) is 11.6 Å². The maximum Gasteiger partial charge on any atom is 0.277 e. The van der Waals surface area contributed by atoms with E-state index in [1.165, 1.54) is 0 Å². The zero-order chi connectivity index (χ0) is 17.8. The normalized spacial score (nSPS) is 10.6. The first-order chi connectivity index (χ1) is 12.8. The van der Waals surface area contributed by atoms with Crippen molar-refractivity contribution >= 4 is 11.6 Å². The zero-order valence-electron chi connectivity index (χ0n) is 13.9. The average molecular weight is 344 g/mol. The van der Waals surface area contributed by atoms with E-state index in [9.17, 15) is 4.79 Å². The molecule has 2 aromatic heterocycles. The first kappa shape index (κ1) is 15.8. The SMILES string of the molecule is O=C(Nc1cnn(Cc2ccccc2)c1)c1cc(-c2ccccc2)on1. The molecule has 26 heavy (non-hydrogen) atoms. The molecule has 1 amide bonds. The lowest BCUT2D eigenvalue weighted by Gasteiger charge is -2.01. The van der Waals surface area contributed by atoms with Crippen molar-refractivity contribution in [3.8, 4) is 11.3 Å². The van der Waals surface area contributed by atoms with Crippen LogP contribution in [0.5, 0.6) is 0 Å². The van der Waals surface area contributed by atoms with Crippen LogP contribution in [0.2, 0.25) is 0 Å². The van der Waals surface area contributed by atoms with Crippen LogP contribution in [0.3, 0.4) is 0 Å². The number of hydrogen-bond donors (Lipinski definition) is 1. The Morgan fingerprint density at radius 2 is 1.77 bits per heavy atom. The van der Waals surface area contributed by atoms with Gasteiger partial charge in [0.1, 0.15) is 0 Å². The zero-order valence-corrected chi connectivity index (χ0v) is 13.9. The topological polar surface area (TPSA) is 73.0 Å². The summed E-state index contributed by atoms with van der Waals surface area (Å²) in [4.78, 5) is 12.4. The summed E-state index contributed by atoms with van der Waals surface area (Å²) >= 11 is 0. The molecule has 0 unspecified atom stereocenters. The molecule has 0 radical (unpaired) electrons. The molecule has 1 N–H and O–H groups in total. The van der Waals surface area contributed by atoms with Gasteiger partial charge < -0.3 is 9.84 Å². The van der Waals surface area contributed by atoms with Crippen molar-refractivity contribution in [2.45, 2.75) is 6.54 Å². The Morgan fingerprint density at radius 3 is 2.54 bits per heavy atom. The van der Waals surface area contributed by atoms with Gasteiger partial charge in [-0.2, -0.15) is 5.10 Å². The van der Waals surface area contributed by atoms with Gasteiger partial charge in [0.15, 0.2) is 11.5 Å². The van der Waals surface area contributed by atoms with Crippen molar-refractivity contribution in [1.29, 1.82) is 0 Å². The fraction of sp³-hybridized carbons (Fsp3) is 0.0500. The maximum atomic E-state index is 12.4. The van der Waals surface area contributed by atoms with Crippen LogP contribution in [0.15, 0.2) is 83.6 Å². The Morgan fingerprint density at radius 1 is 1.04 bits per heavy atom. The fourth-order valence-corrected chi connectivity index (χ4v) is 2.60. The van der Waals surface area contributed by atoms with E-state index in [4.69, 9.17) is 4.52 Å². The number of nitrogens with one attached hydrogen (secondary N) is 1. The number of hydrogen-bond acceptors (Lipinski definition) is 4. The predicted octanol–water partition coefficient (Wildman–Crippen LogP) is 3.84. The van der Waals surface area contributed by atoms with Crippen molar-refractivity contribution in [3.05, 3.63) is 90.4 Å². The van der Waals surface area contributed by atoms with Crippen LogP contribution >= 0.6 is 0 Å². The second-order valence-corrected chi connectivity index (χ2v) is 5.81. The molecule has 0 aliphatic heterocycles. The summed E-state index contributed by atoms with van der Waals surface area (Å²) in [6.45, 7) is 0.638. The molecule has 0 atom stereocenters. The first-order valence-electron chi connectivity index (χ1n) is 8.18. The maximum absolute atomic E-state index is 12.4. The standard InChI is InChI=1S/C20H16N4O2/c25-20(18-11-19(26-23-18)16-9-5-2-6-10-16)22-17-12-21-24(14-17)13-15-7-3-1-4-8-15/h1-12,14H,13H2,(H,22,25). The van der Waals surface area contributed by atoms with Crippen molar-refractivity contribution in [1.82, 2.24) is 14.9 Å². The van der Waals surface area contributed by atoms with Gasteiger partial charge >= 0.3 is 0 Å². The van der Waals surface area contributed by atoms with Gasteiger partial charge in [0.2, 0.25) is 0 Å². The van der Waals surface area contributed by atoms with Crippen LogP contribution in [0.4, 0.5) is 5.69 Å². The minimum atomic E-state index is -0.338. The molecule has 6 heteroatoms. The second-order valence-electron chi connectivity index (χ2n) is 5.81. The molecule has 0 aliphatic rings. The van der Waals surface area contributed by atoms with Gasteiger partial charge in [-0.05, 0) is 5.56 Å². The smallest absolute Gasteiger partial charge is 0.277 e.